The number of nitrogens with zero attached hydrogens (tertiary/aromatic N) is 5. The molecule has 1 saturated carbocycles. The maximum atomic E-state index is 12.8. The number of nitrogens with one attached hydrogen (secondary N) is 1. The van der Waals surface area contributed by atoms with E-state index in [1.165, 1.54) is 6.33 Å². The third-order valence-corrected chi connectivity index (χ3v) is 4.58. The smallest absolute Gasteiger partial charge is 0.252 e. The summed E-state index contributed by atoms with van der Waals surface area (Å²) in [6.07, 6.45) is 6.76. The minimum absolute atomic E-state index is 0.144. The fraction of sp³-hybridized carbons (Fsp3) is 0.353. The van der Waals surface area contributed by atoms with Crippen LogP contribution in [0, 0.1) is 6.92 Å². The second-order valence-corrected chi connectivity index (χ2v) is 6.27. The molecule has 1 aliphatic carbocycles. The van der Waals surface area contributed by atoms with Gasteiger partial charge in [-0.05, 0) is 37.1 Å². The van der Waals surface area contributed by atoms with Gasteiger partial charge in [-0.3, -0.25) is 4.79 Å². The fourth-order valence-corrected chi connectivity index (χ4v) is 3.27. The lowest BCUT2D eigenvalue weighted by atomic mass is 9.96. The first-order chi connectivity index (χ1) is 12.2. The molecule has 4 rings (SSSR count). The van der Waals surface area contributed by atoms with Crippen molar-refractivity contribution in [3.05, 3.63) is 54.2 Å². The van der Waals surface area contributed by atoms with Crippen LogP contribution in [0.25, 0.3) is 5.69 Å². The van der Waals surface area contributed by atoms with E-state index >= 15 is 0 Å². The van der Waals surface area contributed by atoms with E-state index in [1.807, 2.05) is 12.1 Å². The summed E-state index contributed by atoms with van der Waals surface area (Å²) >= 11 is 0. The zero-order valence-corrected chi connectivity index (χ0v) is 13.8. The Morgan fingerprint density at radius 2 is 2.00 bits per heavy atom. The first-order valence-electron chi connectivity index (χ1n) is 8.25. The molecular formula is C17H18N6O2. The molecule has 128 valence electrons. The number of hydrogen-bond acceptors (Lipinski definition) is 6. The highest BCUT2D eigenvalue weighted by molar-refractivity contribution is 5.94. The Morgan fingerprint density at radius 1 is 1.24 bits per heavy atom. The number of carbonyl (C=O) groups excluding carboxylic acids is 1. The summed E-state index contributed by atoms with van der Waals surface area (Å²) in [5.74, 6) is 0.928. The van der Waals surface area contributed by atoms with Crippen LogP contribution in [0.1, 0.15) is 47.8 Å². The minimum Gasteiger partial charge on any atom is -0.340 e. The van der Waals surface area contributed by atoms with Gasteiger partial charge in [0.2, 0.25) is 5.89 Å². The zero-order chi connectivity index (χ0) is 17.3. The number of carbonyl (C=O) groups is 1. The molecule has 8 heteroatoms. The SMILES string of the molecule is Cc1nc(C2(NC(=O)c3ccc(-n4cncn4)cc3)CCCC2)no1. The second kappa shape index (κ2) is 6.12. The van der Waals surface area contributed by atoms with E-state index < -0.39 is 5.54 Å². The van der Waals surface area contributed by atoms with E-state index in [4.69, 9.17) is 4.52 Å². The van der Waals surface area contributed by atoms with Gasteiger partial charge in [0.25, 0.3) is 5.91 Å². The molecule has 0 spiro atoms. The van der Waals surface area contributed by atoms with Gasteiger partial charge in [-0.1, -0.05) is 18.0 Å². The van der Waals surface area contributed by atoms with Crippen molar-refractivity contribution in [3.63, 3.8) is 0 Å². The molecule has 0 bridgehead atoms. The van der Waals surface area contributed by atoms with E-state index in [0.717, 1.165) is 31.4 Å². The van der Waals surface area contributed by atoms with E-state index in [0.29, 0.717) is 17.3 Å². The van der Waals surface area contributed by atoms with Crippen molar-refractivity contribution in [3.8, 4) is 5.69 Å². The number of benzene rings is 1. The molecule has 0 radical (unpaired) electrons. The average Bonchev–Trinajstić information content (AvgIpc) is 3.37. The first kappa shape index (κ1) is 15.5. The van der Waals surface area contributed by atoms with Crippen molar-refractivity contribution < 1.29 is 9.32 Å². The Morgan fingerprint density at radius 3 is 2.60 bits per heavy atom. The highest BCUT2D eigenvalue weighted by atomic mass is 16.5. The molecule has 1 amide bonds. The Labute approximate surface area is 144 Å². The monoisotopic (exact) mass is 338 g/mol. The minimum atomic E-state index is -0.542. The Balaban J connectivity index is 1.56. The third kappa shape index (κ3) is 2.90. The fourth-order valence-electron chi connectivity index (χ4n) is 3.27. The number of hydrogen-bond donors (Lipinski definition) is 1. The van der Waals surface area contributed by atoms with Gasteiger partial charge in [-0.15, -0.1) is 0 Å². The highest BCUT2D eigenvalue weighted by Gasteiger charge is 2.41. The molecule has 1 fully saturated rings. The maximum Gasteiger partial charge on any atom is 0.252 e. The summed E-state index contributed by atoms with van der Waals surface area (Å²) in [6.45, 7) is 1.75. The van der Waals surface area contributed by atoms with E-state index in [-0.39, 0.29) is 5.91 Å². The molecule has 0 aliphatic heterocycles. The standard InChI is InChI=1S/C17H18N6O2/c1-12-20-16(22-25-12)17(8-2-3-9-17)21-15(24)13-4-6-14(7-5-13)23-11-18-10-19-23/h4-7,10-11H,2-3,8-9H2,1H3,(H,21,24). The Kier molecular flexibility index (Phi) is 3.79. The molecule has 1 aromatic carbocycles. The summed E-state index contributed by atoms with van der Waals surface area (Å²) in [4.78, 5) is 21.0. The third-order valence-electron chi connectivity index (χ3n) is 4.58. The molecule has 1 N–H and O–H groups in total. The molecule has 1 aliphatic rings. The molecule has 2 aromatic heterocycles. The Hall–Kier alpha value is -3.03. The lowest BCUT2D eigenvalue weighted by Gasteiger charge is -2.26. The zero-order valence-electron chi connectivity index (χ0n) is 13.8. The van der Waals surface area contributed by atoms with Crippen LogP contribution in [0.2, 0.25) is 0 Å². The van der Waals surface area contributed by atoms with Gasteiger partial charge in [0, 0.05) is 12.5 Å². The van der Waals surface area contributed by atoms with Crippen molar-refractivity contribution in [1.29, 1.82) is 0 Å². The van der Waals surface area contributed by atoms with Crippen molar-refractivity contribution in [1.82, 2.24) is 30.2 Å². The normalized spacial score (nSPS) is 16.0. The molecule has 25 heavy (non-hydrogen) atoms. The summed E-state index contributed by atoms with van der Waals surface area (Å²) in [5.41, 5.74) is 0.883. The van der Waals surface area contributed by atoms with Crippen molar-refractivity contribution in [2.45, 2.75) is 38.1 Å². The number of aryl methyl sites for hydroxylation is 1. The highest BCUT2D eigenvalue weighted by Crippen LogP contribution is 2.37. The van der Waals surface area contributed by atoms with Crippen LogP contribution < -0.4 is 5.32 Å². The first-order valence-corrected chi connectivity index (χ1v) is 8.25. The molecule has 2 heterocycles. The van der Waals surface area contributed by atoms with E-state index in [9.17, 15) is 4.79 Å². The Bertz CT molecular complexity index is 863. The predicted octanol–water partition coefficient (Wildman–Crippen LogP) is 2.16. The molecular weight excluding hydrogens is 320 g/mol. The van der Waals surface area contributed by atoms with Crippen molar-refractivity contribution in [2.75, 3.05) is 0 Å². The van der Waals surface area contributed by atoms with Crippen molar-refractivity contribution in [2.24, 2.45) is 0 Å². The van der Waals surface area contributed by atoms with Crippen molar-refractivity contribution >= 4 is 5.91 Å². The van der Waals surface area contributed by atoms with Gasteiger partial charge in [-0.25, -0.2) is 9.67 Å². The lowest BCUT2D eigenvalue weighted by Crippen LogP contribution is -2.44. The van der Waals surface area contributed by atoms with Gasteiger partial charge in [0.1, 0.15) is 18.2 Å². The van der Waals surface area contributed by atoms with Crippen LogP contribution >= 0.6 is 0 Å². The van der Waals surface area contributed by atoms with Gasteiger partial charge in [0.15, 0.2) is 5.82 Å². The second-order valence-electron chi connectivity index (χ2n) is 6.27. The van der Waals surface area contributed by atoms with Gasteiger partial charge in [-0.2, -0.15) is 10.1 Å². The lowest BCUT2D eigenvalue weighted by molar-refractivity contribution is 0.0892. The van der Waals surface area contributed by atoms with Crippen LogP contribution in [0.5, 0.6) is 0 Å². The number of rotatable bonds is 4. The van der Waals surface area contributed by atoms with E-state index in [2.05, 4.69) is 25.5 Å². The average molecular weight is 338 g/mol. The summed E-state index contributed by atoms with van der Waals surface area (Å²) in [5, 5.41) is 11.3. The van der Waals surface area contributed by atoms with E-state index in [1.54, 1.807) is 30.1 Å². The molecule has 8 nitrogen and oxygen atoms in total. The largest absolute Gasteiger partial charge is 0.340 e. The van der Waals surface area contributed by atoms with Crippen LogP contribution in [-0.2, 0) is 5.54 Å². The molecule has 0 unspecified atom stereocenters. The van der Waals surface area contributed by atoms with Crippen LogP contribution in [-0.4, -0.2) is 30.8 Å². The summed E-state index contributed by atoms with van der Waals surface area (Å²) < 4.78 is 6.76. The van der Waals surface area contributed by atoms with Gasteiger partial charge < -0.3 is 9.84 Å². The van der Waals surface area contributed by atoms with Crippen LogP contribution in [0.3, 0.4) is 0 Å². The maximum absolute atomic E-state index is 12.8. The van der Waals surface area contributed by atoms with Crippen LogP contribution in [0.15, 0.2) is 41.4 Å². The van der Waals surface area contributed by atoms with Gasteiger partial charge in [0.05, 0.1) is 5.69 Å². The molecule has 0 atom stereocenters. The molecule has 0 saturated heterocycles. The van der Waals surface area contributed by atoms with Crippen LogP contribution in [0.4, 0.5) is 0 Å². The quantitative estimate of drug-likeness (QED) is 0.782. The summed E-state index contributed by atoms with van der Waals surface area (Å²) in [6, 6.07) is 7.22. The summed E-state index contributed by atoms with van der Waals surface area (Å²) in [7, 11) is 0. The molecule has 3 aromatic rings. The van der Waals surface area contributed by atoms with Gasteiger partial charge >= 0.3 is 0 Å². The topological polar surface area (TPSA) is 98.7 Å². The number of aromatic nitrogens is 5. The predicted molar refractivity (Wildman–Crippen MR) is 88.0 cm³/mol. The number of amides is 1.